The third kappa shape index (κ3) is 3.73. The Bertz CT molecular complexity index is 219. The third-order valence-corrected chi connectivity index (χ3v) is 1.37. The summed E-state index contributed by atoms with van der Waals surface area (Å²) >= 11 is 0. The highest BCUT2D eigenvalue weighted by atomic mass is 16.4. The molecule has 0 saturated carbocycles. The molecule has 0 amide bonds. The van der Waals surface area contributed by atoms with Gasteiger partial charge in [0.25, 0.3) is 0 Å². The zero-order chi connectivity index (χ0) is 9.56. The number of nitrogens with two attached hydrogens (primary N) is 1. The predicted molar refractivity (Wildman–Crippen MR) is 48.7 cm³/mol. The molecule has 0 aliphatic heterocycles. The number of hydrogen-bond donors (Lipinski definition) is 2. The van der Waals surface area contributed by atoms with Crippen LogP contribution in [0.1, 0.15) is 6.42 Å². The first-order valence-corrected chi connectivity index (χ1v) is 3.54. The predicted octanol–water partition coefficient (Wildman–Crippen LogP) is 1.09. The van der Waals surface area contributed by atoms with Gasteiger partial charge in [-0.1, -0.05) is 31.4 Å². The smallest absolute Gasteiger partial charge is 0.320 e. The molecule has 3 nitrogen and oxygen atoms in total. The molecule has 12 heavy (non-hydrogen) atoms. The van der Waals surface area contributed by atoms with Gasteiger partial charge in [-0.15, -0.1) is 0 Å². The fraction of sp³-hybridized carbons (Fsp3) is 0.222. The highest BCUT2D eigenvalue weighted by molar-refractivity contribution is 5.73. The van der Waals surface area contributed by atoms with Gasteiger partial charge < -0.3 is 10.8 Å². The zero-order valence-electron chi connectivity index (χ0n) is 6.86. The van der Waals surface area contributed by atoms with Crippen molar-refractivity contribution in [2.45, 2.75) is 12.5 Å². The lowest BCUT2D eigenvalue weighted by Gasteiger charge is -2.05. The first kappa shape index (κ1) is 10.7. The van der Waals surface area contributed by atoms with Gasteiger partial charge in [0.05, 0.1) is 0 Å². The van der Waals surface area contributed by atoms with Crippen LogP contribution in [0.25, 0.3) is 0 Å². The average Bonchev–Trinajstić information content (AvgIpc) is 2.03. The molecule has 3 heteroatoms. The van der Waals surface area contributed by atoms with Crippen LogP contribution in [0.2, 0.25) is 0 Å². The van der Waals surface area contributed by atoms with Crippen molar-refractivity contribution in [3.05, 3.63) is 37.0 Å². The molecule has 0 aliphatic rings. The molecule has 66 valence electrons. The van der Waals surface area contributed by atoms with E-state index in [1.165, 1.54) is 0 Å². The van der Waals surface area contributed by atoms with E-state index in [4.69, 9.17) is 10.8 Å². The Morgan fingerprint density at radius 1 is 1.58 bits per heavy atom. The maximum absolute atomic E-state index is 10.3. The van der Waals surface area contributed by atoms with Crippen molar-refractivity contribution in [1.82, 2.24) is 0 Å². The summed E-state index contributed by atoms with van der Waals surface area (Å²) in [6, 6.07) is -0.866. The van der Waals surface area contributed by atoms with Crippen LogP contribution in [0.4, 0.5) is 0 Å². The second kappa shape index (κ2) is 5.32. The van der Waals surface area contributed by atoms with Crippen LogP contribution in [0.5, 0.6) is 0 Å². The molecule has 0 heterocycles. The molecule has 0 spiro atoms. The van der Waals surface area contributed by atoms with Crippen molar-refractivity contribution in [2.24, 2.45) is 5.73 Å². The molecule has 0 bridgehead atoms. The molecular weight excluding hydrogens is 154 g/mol. The van der Waals surface area contributed by atoms with E-state index in [1.807, 2.05) is 0 Å². The standard InChI is InChI=1S/C9H13NO2/c1-3-5-7(4-2)6-8(10)9(11)12/h3-5,8H,1-2,6,10H2,(H,11,12)/b7-5+. The normalized spacial score (nSPS) is 13.6. The van der Waals surface area contributed by atoms with E-state index in [1.54, 1.807) is 18.2 Å². The molecule has 3 N–H and O–H groups in total. The minimum Gasteiger partial charge on any atom is -0.480 e. The van der Waals surface area contributed by atoms with E-state index in [-0.39, 0.29) is 6.42 Å². The topological polar surface area (TPSA) is 63.3 Å². The fourth-order valence-electron chi connectivity index (χ4n) is 0.712. The maximum atomic E-state index is 10.3. The summed E-state index contributed by atoms with van der Waals surface area (Å²) in [4.78, 5) is 10.3. The van der Waals surface area contributed by atoms with Gasteiger partial charge in [0.15, 0.2) is 0 Å². The van der Waals surface area contributed by atoms with E-state index in [0.717, 1.165) is 5.57 Å². The Balaban J connectivity index is 4.20. The van der Waals surface area contributed by atoms with E-state index in [0.29, 0.717) is 0 Å². The Morgan fingerprint density at radius 2 is 2.17 bits per heavy atom. The molecule has 0 aromatic heterocycles. The van der Waals surface area contributed by atoms with Gasteiger partial charge in [-0.2, -0.15) is 0 Å². The molecule has 0 aromatic rings. The van der Waals surface area contributed by atoms with Crippen molar-refractivity contribution >= 4 is 5.97 Å². The summed E-state index contributed by atoms with van der Waals surface area (Å²) in [5.74, 6) is -1.01. The van der Waals surface area contributed by atoms with E-state index in [9.17, 15) is 4.79 Å². The summed E-state index contributed by atoms with van der Waals surface area (Å²) in [5.41, 5.74) is 6.08. The SMILES string of the molecule is C=C/C=C(\C=C)CC(N)C(=O)O. The minimum atomic E-state index is -1.01. The van der Waals surface area contributed by atoms with Gasteiger partial charge in [0.2, 0.25) is 0 Å². The van der Waals surface area contributed by atoms with E-state index < -0.39 is 12.0 Å². The van der Waals surface area contributed by atoms with E-state index >= 15 is 0 Å². The Hall–Kier alpha value is -1.35. The van der Waals surface area contributed by atoms with Crippen LogP contribution in [0, 0.1) is 0 Å². The second-order valence-corrected chi connectivity index (χ2v) is 2.33. The van der Waals surface area contributed by atoms with Crippen molar-refractivity contribution in [3.63, 3.8) is 0 Å². The molecule has 0 fully saturated rings. The number of carboxylic acid groups (broad SMARTS) is 1. The second-order valence-electron chi connectivity index (χ2n) is 2.33. The van der Waals surface area contributed by atoms with Crippen LogP contribution in [0.3, 0.4) is 0 Å². The van der Waals surface area contributed by atoms with Crippen LogP contribution in [-0.2, 0) is 4.79 Å². The van der Waals surface area contributed by atoms with Crippen LogP contribution in [-0.4, -0.2) is 17.1 Å². The molecule has 0 radical (unpaired) electrons. The van der Waals surface area contributed by atoms with Crippen molar-refractivity contribution in [1.29, 1.82) is 0 Å². The Morgan fingerprint density at radius 3 is 2.50 bits per heavy atom. The first-order valence-electron chi connectivity index (χ1n) is 3.54. The highest BCUT2D eigenvalue weighted by Gasteiger charge is 2.11. The number of hydrogen-bond acceptors (Lipinski definition) is 2. The molecule has 1 unspecified atom stereocenters. The first-order chi connectivity index (χ1) is 5.61. The van der Waals surface area contributed by atoms with Gasteiger partial charge in [0, 0.05) is 0 Å². The summed E-state index contributed by atoms with van der Waals surface area (Å²) < 4.78 is 0. The molecule has 0 aromatic carbocycles. The number of aliphatic carboxylic acids is 1. The summed E-state index contributed by atoms with van der Waals surface area (Å²) in [6.07, 6.45) is 5.12. The lowest BCUT2D eigenvalue weighted by atomic mass is 10.1. The largest absolute Gasteiger partial charge is 0.480 e. The monoisotopic (exact) mass is 167 g/mol. The van der Waals surface area contributed by atoms with Crippen LogP contribution >= 0.6 is 0 Å². The summed E-state index contributed by atoms with van der Waals surface area (Å²) in [7, 11) is 0. The fourth-order valence-corrected chi connectivity index (χ4v) is 0.712. The highest BCUT2D eigenvalue weighted by Crippen LogP contribution is 2.05. The maximum Gasteiger partial charge on any atom is 0.320 e. The number of carboxylic acids is 1. The molecular formula is C9H13NO2. The number of carbonyl (C=O) groups is 1. The minimum absolute atomic E-state index is 0.283. The number of allylic oxidation sites excluding steroid dienone is 3. The summed E-state index contributed by atoms with van der Waals surface area (Å²) in [5, 5.41) is 8.48. The quantitative estimate of drug-likeness (QED) is 0.602. The number of rotatable bonds is 5. The van der Waals surface area contributed by atoms with Crippen LogP contribution < -0.4 is 5.73 Å². The van der Waals surface area contributed by atoms with Crippen molar-refractivity contribution < 1.29 is 9.90 Å². The lowest BCUT2D eigenvalue weighted by molar-refractivity contribution is -0.138. The van der Waals surface area contributed by atoms with Gasteiger partial charge in [0.1, 0.15) is 6.04 Å². The van der Waals surface area contributed by atoms with Crippen molar-refractivity contribution in [2.75, 3.05) is 0 Å². The van der Waals surface area contributed by atoms with Crippen LogP contribution in [0.15, 0.2) is 37.0 Å². The van der Waals surface area contributed by atoms with Gasteiger partial charge in [-0.25, -0.2) is 0 Å². The Kier molecular flexibility index (Phi) is 4.72. The molecule has 0 saturated heterocycles. The van der Waals surface area contributed by atoms with Crippen molar-refractivity contribution in [3.8, 4) is 0 Å². The molecule has 0 rings (SSSR count). The van der Waals surface area contributed by atoms with Gasteiger partial charge >= 0.3 is 5.97 Å². The molecule has 1 atom stereocenters. The third-order valence-electron chi connectivity index (χ3n) is 1.37. The summed E-state index contributed by atoms with van der Waals surface area (Å²) in [6.45, 7) is 7.02. The average molecular weight is 167 g/mol. The lowest BCUT2D eigenvalue weighted by Crippen LogP contribution is -2.30. The zero-order valence-corrected chi connectivity index (χ0v) is 6.86. The molecule has 0 aliphatic carbocycles. The van der Waals surface area contributed by atoms with E-state index in [2.05, 4.69) is 13.2 Å². The van der Waals surface area contributed by atoms with Gasteiger partial charge in [-0.3, -0.25) is 4.79 Å². The Labute approximate surface area is 71.9 Å². The van der Waals surface area contributed by atoms with Gasteiger partial charge in [-0.05, 0) is 12.0 Å².